The summed E-state index contributed by atoms with van der Waals surface area (Å²) in [4.78, 5) is 0. The molecule has 0 amide bonds. The molecule has 1 radical (unpaired) electrons. The topological polar surface area (TPSA) is 99.1 Å². The second-order valence-corrected chi connectivity index (χ2v) is 4.47. The van der Waals surface area contributed by atoms with Crippen LogP contribution in [0.1, 0.15) is 5.56 Å². The van der Waals surface area contributed by atoms with Gasteiger partial charge in [0.15, 0.2) is 0 Å². The number of hydrogen-bond donors (Lipinski definition) is 3. The minimum atomic E-state index is -1.64. The van der Waals surface area contributed by atoms with Gasteiger partial charge in [-0.1, -0.05) is 30.3 Å². The minimum Gasteiger partial charge on any atom is -0.394 e. The first-order chi connectivity index (χ1) is 9.13. The molecular weight excluding hydrogens is 252 g/mol. The Labute approximate surface area is 110 Å². The molecular formula is C13H17O6. The van der Waals surface area contributed by atoms with Crippen LogP contribution >= 0.6 is 0 Å². The molecule has 0 aromatic heterocycles. The van der Waals surface area contributed by atoms with Gasteiger partial charge in [0, 0.05) is 0 Å². The van der Waals surface area contributed by atoms with Crippen LogP contribution in [0.25, 0.3) is 0 Å². The highest BCUT2D eigenvalue weighted by molar-refractivity contribution is 5.13. The molecule has 2 rings (SSSR count). The summed E-state index contributed by atoms with van der Waals surface area (Å²) in [5, 5.41) is 40.1. The molecule has 6 nitrogen and oxygen atoms in total. The summed E-state index contributed by atoms with van der Waals surface area (Å²) < 4.78 is 10.2. The van der Waals surface area contributed by atoms with E-state index in [-0.39, 0.29) is 6.61 Å². The fraction of sp³-hybridized carbons (Fsp3) is 0.538. The van der Waals surface area contributed by atoms with Gasteiger partial charge < -0.3 is 24.8 Å². The van der Waals surface area contributed by atoms with E-state index in [9.17, 15) is 15.3 Å². The maximum Gasteiger partial charge on any atom is 0.220 e. The molecule has 1 fully saturated rings. The van der Waals surface area contributed by atoms with Crippen LogP contribution in [0.3, 0.4) is 0 Å². The number of aliphatic hydroxyl groups excluding tert-OH is 3. The molecule has 1 unspecified atom stereocenters. The second-order valence-electron chi connectivity index (χ2n) is 4.47. The zero-order chi connectivity index (χ0) is 13.8. The fourth-order valence-corrected chi connectivity index (χ4v) is 2.00. The standard InChI is InChI=1S/C13H17O6/c14-6-9-10(15)11(16)12(13(17)19-9)18-7-8-4-2-1-3-5-8/h1-5,9-16H,6-7H2/t9-,10-,11+,12-,13?/m1/s1. The quantitative estimate of drug-likeness (QED) is 0.680. The molecule has 5 atom stereocenters. The van der Waals surface area contributed by atoms with E-state index in [2.05, 4.69) is 0 Å². The van der Waals surface area contributed by atoms with E-state index in [1.54, 1.807) is 0 Å². The van der Waals surface area contributed by atoms with Crippen molar-refractivity contribution < 1.29 is 29.9 Å². The molecule has 19 heavy (non-hydrogen) atoms. The van der Waals surface area contributed by atoms with Gasteiger partial charge in [0.25, 0.3) is 0 Å². The van der Waals surface area contributed by atoms with E-state index in [0.717, 1.165) is 5.56 Å². The molecule has 1 saturated heterocycles. The summed E-state index contributed by atoms with van der Waals surface area (Å²) >= 11 is 0. The lowest BCUT2D eigenvalue weighted by molar-refractivity contribution is -0.314. The van der Waals surface area contributed by atoms with Gasteiger partial charge in [0.05, 0.1) is 13.2 Å². The molecule has 1 heterocycles. The molecule has 6 heteroatoms. The van der Waals surface area contributed by atoms with Crippen LogP contribution in [0, 0.1) is 0 Å². The molecule has 0 bridgehead atoms. The SMILES string of the molecule is [O]C1O[C@H](CO)[C@@H](O)[C@H](O)[C@H]1OCc1ccccc1. The van der Waals surface area contributed by atoms with Gasteiger partial charge in [-0.25, -0.2) is 0 Å². The maximum atomic E-state index is 11.7. The van der Waals surface area contributed by atoms with E-state index >= 15 is 0 Å². The van der Waals surface area contributed by atoms with Crippen molar-refractivity contribution in [1.82, 2.24) is 0 Å². The van der Waals surface area contributed by atoms with Crippen molar-refractivity contribution in [2.45, 2.75) is 37.3 Å². The summed E-state index contributed by atoms with van der Waals surface area (Å²) in [7, 11) is 0. The highest BCUT2D eigenvalue weighted by Crippen LogP contribution is 2.23. The van der Waals surface area contributed by atoms with Crippen LogP contribution < -0.4 is 0 Å². The van der Waals surface area contributed by atoms with Gasteiger partial charge in [-0.15, -0.1) is 0 Å². The summed E-state index contributed by atoms with van der Waals surface area (Å²) in [6.45, 7) is -0.385. The van der Waals surface area contributed by atoms with Crippen LogP contribution in [0.2, 0.25) is 0 Å². The van der Waals surface area contributed by atoms with Crippen molar-refractivity contribution in [3.05, 3.63) is 35.9 Å². The molecule has 1 aromatic carbocycles. The summed E-state index contributed by atoms with van der Waals surface area (Å²) in [6.07, 6.45) is -6.60. The van der Waals surface area contributed by atoms with Gasteiger partial charge in [0.1, 0.15) is 24.4 Å². The first-order valence-electron chi connectivity index (χ1n) is 6.07. The molecule has 1 aliphatic rings. The average molecular weight is 269 g/mol. The Bertz CT molecular complexity index is 384. The molecule has 0 saturated carbocycles. The Morgan fingerprint density at radius 2 is 1.84 bits per heavy atom. The number of benzene rings is 1. The predicted octanol–water partition coefficient (Wildman–Crippen LogP) is -0.559. The van der Waals surface area contributed by atoms with Crippen LogP contribution in [-0.4, -0.2) is 52.6 Å². The maximum absolute atomic E-state index is 11.7. The van der Waals surface area contributed by atoms with E-state index in [1.807, 2.05) is 30.3 Å². The predicted molar refractivity (Wildman–Crippen MR) is 63.5 cm³/mol. The van der Waals surface area contributed by atoms with E-state index in [0.29, 0.717) is 0 Å². The Morgan fingerprint density at radius 3 is 2.47 bits per heavy atom. The minimum absolute atomic E-state index is 0.140. The van der Waals surface area contributed by atoms with Crippen LogP contribution in [0.4, 0.5) is 0 Å². The normalized spacial score (nSPS) is 35.3. The monoisotopic (exact) mass is 269 g/mol. The van der Waals surface area contributed by atoms with Crippen LogP contribution in [0.5, 0.6) is 0 Å². The molecule has 3 N–H and O–H groups in total. The third-order valence-electron chi connectivity index (χ3n) is 3.11. The fourth-order valence-electron chi connectivity index (χ4n) is 2.00. The van der Waals surface area contributed by atoms with Gasteiger partial charge >= 0.3 is 0 Å². The van der Waals surface area contributed by atoms with Crippen molar-refractivity contribution in [3.8, 4) is 0 Å². The van der Waals surface area contributed by atoms with Crippen molar-refractivity contribution >= 4 is 0 Å². The first-order valence-corrected chi connectivity index (χ1v) is 6.07. The summed E-state index contributed by atoms with van der Waals surface area (Å²) in [5.74, 6) is 0. The zero-order valence-corrected chi connectivity index (χ0v) is 10.3. The summed E-state index contributed by atoms with van der Waals surface area (Å²) in [5.41, 5.74) is 0.848. The first kappa shape index (κ1) is 14.4. The number of rotatable bonds is 4. The van der Waals surface area contributed by atoms with Crippen LogP contribution in [-0.2, 0) is 21.2 Å². The Kier molecular flexibility index (Phi) is 4.87. The Morgan fingerprint density at radius 1 is 1.16 bits per heavy atom. The van der Waals surface area contributed by atoms with E-state index < -0.39 is 37.3 Å². The van der Waals surface area contributed by atoms with Gasteiger partial charge in [0.2, 0.25) is 6.29 Å². The van der Waals surface area contributed by atoms with Gasteiger partial charge in [-0.3, -0.25) is 0 Å². The highest BCUT2D eigenvalue weighted by Gasteiger charge is 2.45. The lowest BCUT2D eigenvalue weighted by Gasteiger charge is -2.38. The lowest BCUT2D eigenvalue weighted by atomic mass is 9.99. The lowest BCUT2D eigenvalue weighted by Crippen LogP contribution is -2.58. The third-order valence-corrected chi connectivity index (χ3v) is 3.11. The number of ether oxygens (including phenoxy) is 2. The molecule has 0 spiro atoms. The van der Waals surface area contributed by atoms with Crippen molar-refractivity contribution in [1.29, 1.82) is 0 Å². The molecule has 0 aliphatic carbocycles. The highest BCUT2D eigenvalue weighted by atomic mass is 16.7. The second kappa shape index (κ2) is 6.42. The molecule has 105 valence electrons. The Balaban J connectivity index is 1.96. The average Bonchev–Trinajstić information content (AvgIpc) is 2.44. The van der Waals surface area contributed by atoms with Gasteiger partial charge in [-0.2, -0.15) is 5.11 Å². The summed E-state index contributed by atoms with van der Waals surface area (Å²) in [6, 6.07) is 9.16. The smallest absolute Gasteiger partial charge is 0.220 e. The third kappa shape index (κ3) is 3.30. The van der Waals surface area contributed by atoms with E-state index in [1.165, 1.54) is 0 Å². The van der Waals surface area contributed by atoms with Crippen molar-refractivity contribution in [3.63, 3.8) is 0 Å². The number of hydrogen-bond acceptors (Lipinski definition) is 5. The Hall–Kier alpha value is -1.02. The van der Waals surface area contributed by atoms with E-state index in [4.69, 9.17) is 14.6 Å². The van der Waals surface area contributed by atoms with Crippen molar-refractivity contribution in [2.24, 2.45) is 0 Å². The van der Waals surface area contributed by atoms with Crippen molar-refractivity contribution in [2.75, 3.05) is 6.61 Å². The van der Waals surface area contributed by atoms with Gasteiger partial charge in [-0.05, 0) is 5.56 Å². The van der Waals surface area contributed by atoms with Crippen LogP contribution in [0.15, 0.2) is 30.3 Å². The molecule has 1 aliphatic heterocycles. The molecule has 1 aromatic rings. The largest absolute Gasteiger partial charge is 0.394 e. The number of aliphatic hydroxyl groups is 3. The zero-order valence-electron chi connectivity index (χ0n) is 10.3.